The van der Waals surface area contributed by atoms with Crippen molar-refractivity contribution in [1.29, 1.82) is 0 Å². The zero-order chi connectivity index (χ0) is 20.3. The minimum absolute atomic E-state index is 0. The summed E-state index contributed by atoms with van der Waals surface area (Å²) in [6.07, 6.45) is 3.23. The van der Waals surface area contributed by atoms with Gasteiger partial charge >= 0.3 is 0 Å². The molecule has 4 heteroatoms. The second kappa shape index (κ2) is 7.67. The number of pyridine rings is 1. The summed E-state index contributed by atoms with van der Waals surface area (Å²) in [5, 5.41) is 1.53. The molecule has 0 radical (unpaired) electrons. The number of halogens is 3. The van der Waals surface area contributed by atoms with Crippen LogP contribution in [0.3, 0.4) is 0 Å². The van der Waals surface area contributed by atoms with E-state index in [9.17, 15) is 0 Å². The van der Waals surface area contributed by atoms with Crippen LogP contribution in [0.5, 0.6) is 0 Å². The van der Waals surface area contributed by atoms with E-state index < -0.39 is 0 Å². The van der Waals surface area contributed by atoms with Gasteiger partial charge in [-0.15, -0.1) is 0 Å². The van der Waals surface area contributed by atoms with Gasteiger partial charge in [0.25, 0.3) is 0 Å². The van der Waals surface area contributed by atoms with Crippen LogP contribution in [0.1, 0.15) is 46.3 Å². The fourth-order valence-electron chi connectivity index (χ4n) is 5.76. The molecule has 2 unspecified atom stereocenters. The van der Waals surface area contributed by atoms with Crippen molar-refractivity contribution in [2.24, 2.45) is 0 Å². The summed E-state index contributed by atoms with van der Waals surface area (Å²) in [6, 6.07) is 32.7. The molecule has 3 heterocycles. The molecule has 7 rings (SSSR count). The van der Waals surface area contributed by atoms with Crippen LogP contribution in [0.4, 0.5) is 0 Å². The van der Waals surface area contributed by atoms with Crippen molar-refractivity contribution < 1.29 is 17.0 Å². The smallest absolute Gasteiger partial charge is 0.190 e. The molecule has 1 aliphatic carbocycles. The molecule has 3 aromatic carbocycles. The molecule has 2 bridgehead atoms. The van der Waals surface area contributed by atoms with E-state index in [0.29, 0.717) is 0 Å². The molecule has 3 aliphatic rings. The first-order valence-corrected chi connectivity index (χ1v) is 11.0. The highest BCUT2D eigenvalue weighted by molar-refractivity contribution is 6.30. The Morgan fingerprint density at radius 1 is 0.677 bits per heavy atom. The van der Waals surface area contributed by atoms with Gasteiger partial charge in [-0.25, -0.2) is 0 Å². The van der Waals surface area contributed by atoms with E-state index in [-0.39, 0.29) is 29.8 Å². The maximum absolute atomic E-state index is 6.28. The first-order chi connectivity index (χ1) is 14.7. The topological polar surface area (TPSA) is 3.88 Å². The Kier molecular flexibility index (Phi) is 5.09. The maximum atomic E-state index is 6.28. The molecule has 0 spiro atoms. The number of hydrogen-bond donors (Lipinski definition) is 0. The monoisotopic (exact) mass is 463 g/mol. The Balaban J connectivity index is 0.00000204. The van der Waals surface area contributed by atoms with Crippen LogP contribution in [-0.4, -0.2) is 0 Å². The lowest BCUT2D eigenvalue weighted by Crippen LogP contribution is -3.00. The van der Waals surface area contributed by atoms with Gasteiger partial charge in [-0.1, -0.05) is 77.8 Å². The molecule has 1 aromatic heterocycles. The lowest BCUT2D eigenvalue weighted by Gasteiger charge is -2.50. The summed E-state index contributed by atoms with van der Waals surface area (Å²) in [6.45, 7) is 0. The third-order valence-corrected chi connectivity index (χ3v) is 7.45. The summed E-state index contributed by atoms with van der Waals surface area (Å²) in [5.41, 5.74) is 6.63. The van der Waals surface area contributed by atoms with E-state index in [1.807, 2.05) is 24.3 Å². The van der Waals surface area contributed by atoms with E-state index >= 15 is 0 Å². The molecular weight excluding hydrogens is 445 g/mol. The molecular formula is C27H20Cl3N. The van der Waals surface area contributed by atoms with Gasteiger partial charge in [0.05, 0.1) is 5.92 Å². The number of hydrogen-bond acceptors (Lipinski definition) is 0. The minimum atomic E-state index is -0.185. The van der Waals surface area contributed by atoms with Crippen LogP contribution in [0.25, 0.3) is 0 Å². The molecule has 2 atom stereocenters. The average molecular weight is 465 g/mol. The highest BCUT2D eigenvalue weighted by atomic mass is 35.5. The Morgan fingerprint density at radius 3 is 1.84 bits per heavy atom. The van der Waals surface area contributed by atoms with Crippen molar-refractivity contribution in [3.05, 3.63) is 135 Å². The van der Waals surface area contributed by atoms with Crippen LogP contribution in [0.15, 0.2) is 97.2 Å². The Bertz CT molecular complexity index is 1160. The molecule has 1 nitrogen and oxygen atoms in total. The predicted molar refractivity (Wildman–Crippen MR) is 121 cm³/mol. The SMILES string of the molecule is Clc1ccc(C2(c3ccc(Cl)cc3)CC3c4ccccc4C2c2cccc[n+]23)cc1.[Cl-]. The van der Waals surface area contributed by atoms with E-state index in [4.69, 9.17) is 23.2 Å². The second-order valence-electron chi connectivity index (χ2n) is 8.30. The third-order valence-electron chi connectivity index (χ3n) is 6.95. The van der Waals surface area contributed by atoms with Crippen molar-refractivity contribution in [2.75, 3.05) is 0 Å². The molecule has 2 aliphatic heterocycles. The quantitative estimate of drug-likeness (QED) is 0.398. The molecule has 0 amide bonds. The lowest BCUT2D eigenvalue weighted by atomic mass is 9.53. The van der Waals surface area contributed by atoms with Crippen molar-refractivity contribution in [2.45, 2.75) is 23.8 Å². The summed E-state index contributed by atoms with van der Waals surface area (Å²) in [4.78, 5) is 0. The summed E-state index contributed by atoms with van der Waals surface area (Å²) >= 11 is 12.6. The van der Waals surface area contributed by atoms with E-state index in [1.54, 1.807) is 0 Å². The third kappa shape index (κ3) is 2.95. The van der Waals surface area contributed by atoms with Gasteiger partial charge in [0, 0.05) is 39.6 Å². The van der Waals surface area contributed by atoms with Gasteiger partial charge in [-0.3, -0.25) is 0 Å². The molecule has 31 heavy (non-hydrogen) atoms. The van der Waals surface area contributed by atoms with Crippen molar-refractivity contribution >= 4 is 23.2 Å². The van der Waals surface area contributed by atoms with Gasteiger partial charge < -0.3 is 12.4 Å². The Morgan fingerprint density at radius 2 is 1.23 bits per heavy atom. The average Bonchev–Trinajstić information content (AvgIpc) is 2.80. The predicted octanol–water partition coefficient (Wildman–Crippen LogP) is 3.71. The minimum Gasteiger partial charge on any atom is -1.00 e. The molecule has 0 fully saturated rings. The van der Waals surface area contributed by atoms with Crippen LogP contribution in [0.2, 0.25) is 10.0 Å². The first kappa shape index (κ1) is 20.6. The maximum Gasteiger partial charge on any atom is 0.190 e. The number of fused-ring (bicyclic) bond motifs is 1. The zero-order valence-electron chi connectivity index (χ0n) is 16.7. The highest BCUT2D eigenvalue weighted by Crippen LogP contribution is 2.59. The highest BCUT2D eigenvalue weighted by Gasteiger charge is 2.59. The molecule has 0 saturated carbocycles. The van der Waals surface area contributed by atoms with Gasteiger partial charge in [-0.05, 0) is 41.0 Å². The van der Waals surface area contributed by atoms with Crippen LogP contribution in [0, 0.1) is 0 Å². The van der Waals surface area contributed by atoms with Gasteiger partial charge in [0.2, 0.25) is 0 Å². The lowest BCUT2D eigenvalue weighted by molar-refractivity contribution is -0.732. The van der Waals surface area contributed by atoms with E-state index in [2.05, 4.69) is 77.5 Å². The van der Waals surface area contributed by atoms with Gasteiger partial charge in [-0.2, -0.15) is 4.57 Å². The first-order valence-electron chi connectivity index (χ1n) is 10.3. The van der Waals surface area contributed by atoms with Crippen molar-refractivity contribution in [3.63, 3.8) is 0 Å². The Hall–Kier alpha value is -2.32. The molecule has 0 N–H and O–H groups in total. The van der Waals surface area contributed by atoms with Gasteiger partial charge in [0.1, 0.15) is 0 Å². The second-order valence-corrected chi connectivity index (χ2v) is 9.17. The normalized spacial score (nSPS) is 19.8. The molecule has 154 valence electrons. The molecule has 0 saturated heterocycles. The molecule has 4 aromatic rings. The number of nitrogens with zero attached hydrogens (tertiary/aromatic N) is 1. The largest absolute Gasteiger partial charge is 1.00 e. The van der Waals surface area contributed by atoms with E-state index in [0.717, 1.165) is 16.5 Å². The summed E-state index contributed by atoms with van der Waals surface area (Å²) in [5.74, 6) is 0.210. The number of benzene rings is 3. The standard InChI is InChI=1S/C27H20Cl2N.ClH/c28-20-12-8-18(9-13-20)27(19-10-14-21(29)15-11-19)17-25-22-5-1-2-6-23(22)26(27)24-7-3-4-16-30(24)25;/h1-16,25-26H,17H2;1H/q+1;/p-1. The Labute approximate surface area is 198 Å². The summed E-state index contributed by atoms with van der Waals surface area (Å²) in [7, 11) is 0. The van der Waals surface area contributed by atoms with Crippen LogP contribution in [-0.2, 0) is 5.41 Å². The fraction of sp³-hybridized carbons (Fsp3) is 0.148. The van der Waals surface area contributed by atoms with Crippen molar-refractivity contribution in [3.8, 4) is 0 Å². The number of aromatic nitrogens is 1. The van der Waals surface area contributed by atoms with Crippen LogP contribution < -0.4 is 17.0 Å². The van der Waals surface area contributed by atoms with Crippen LogP contribution >= 0.6 is 23.2 Å². The number of rotatable bonds is 2. The fourth-order valence-corrected chi connectivity index (χ4v) is 6.02. The zero-order valence-corrected chi connectivity index (χ0v) is 18.9. The summed E-state index contributed by atoms with van der Waals surface area (Å²) < 4.78 is 2.47. The van der Waals surface area contributed by atoms with E-state index in [1.165, 1.54) is 27.9 Å². The van der Waals surface area contributed by atoms with Gasteiger partial charge in [0.15, 0.2) is 17.9 Å². The van der Waals surface area contributed by atoms with Crippen molar-refractivity contribution in [1.82, 2.24) is 0 Å².